The number of carboxylic acids is 1. The highest BCUT2D eigenvalue weighted by Gasteiger charge is 2.20. The third-order valence-electron chi connectivity index (χ3n) is 4.30. The number of H-pyrrole nitrogens is 1. The Labute approximate surface area is 169 Å². The molecule has 28 heavy (non-hydrogen) atoms. The average molecular weight is 411 g/mol. The predicted molar refractivity (Wildman–Crippen MR) is 111 cm³/mol. The smallest absolute Gasteiger partial charge is 0.354 e. The van der Waals surface area contributed by atoms with E-state index in [9.17, 15) is 9.35 Å². The SMILES string of the molecule is O=C(O)C[S+]([O-])c1cc2nc(-c3ccc(-c4ccccc4)cc3)c(Cl)cc2[nH]1. The predicted octanol–water partition coefficient (Wildman–Crippen LogP) is 4.74. The minimum atomic E-state index is -1.67. The summed E-state index contributed by atoms with van der Waals surface area (Å²) < 4.78 is 12.1. The van der Waals surface area contributed by atoms with Gasteiger partial charge in [-0.1, -0.05) is 66.2 Å². The Morgan fingerprint density at radius 1 is 1.04 bits per heavy atom. The first-order chi connectivity index (χ1) is 13.5. The molecule has 2 aromatic heterocycles. The van der Waals surface area contributed by atoms with Crippen molar-refractivity contribution in [3.8, 4) is 22.4 Å². The molecule has 0 bridgehead atoms. The van der Waals surface area contributed by atoms with Gasteiger partial charge >= 0.3 is 5.97 Å². The van der Waals surface area contributed by atoms with Crippen LogP contribution < -0.4 is 0 Å². The summed E-state index contributed by atoms with van der Waals surface area (Å²) in [4.78, 5) is 18.3. The number of rotatable bonds is 5. The molecule has 140 valence electrons. The molecule has 4 rings (SSSR count). The first-order valence-corrected chi connectivity index (χ1v) is 10.2. The van der Waals surface area contributed by atoms with E-state index >= 15 is 0 Å². The highest BCUT2D eigenvalue weighted by molar-refractivity contribution is 7.92. The van der Waals surface area contributed by atoms with Gasteiger partial charge in [0.15, 0.2) is 0 Å². The van der Waals surface area contributed by atoms with E-state index in [1.807, 2.05) is 54.6 Å². The molecule has 1 unspecified atom stereocenters. The van der Waals surface area contributed by atoms with Crippen molar-refractivity contribution in [1.82, 2.24) is 9.97 Å². The van der Waals surface area contributed by atoms with Crippen LogP contribution in [0.3, 0.4) is 0 Å². The van der Waals surface area contributed by atoms with Gasteiger partial charge in [0.05, 0.1) is 21.7 Å². The lowest BCUT2D eigenvalue weighted by atomic mass is 10.0. The number of pyridine rings is 1. The lowest BCUT2D eigenvalue weighted by molar-refractivity contribution is -0.134. The Morgan fingerprint density at radius 3 is 2.36 bits per heavy atom. The van der Waals surface area contributed by atoms with Crippen molar-refractivity contribution in [2.24, 2.45) is 0 Å². The maximum Gasteiger partial charge on any atom is 0.354 e. The Balaban J connectivity index is 1.68. The van der Waals surface area contributed by atoms with Crippen molar-refractivity contribution in [3.63, 3.8) is 0 Å². The van der Waals surface area contributed by atoms with Gasteiger partial charge in [-0.15, -0.1) is 0 Å². The maximum atomic E-state index is 12.1. The third-order valence-corrected chi connectivity index (χ3v) is 5.80. The summed E-state index contributed by atoms with van der Waals surface area (Å²) in [6, 6.07) is 21.3. The zero-order valence-corrected chi connectivity index (χ0v) is 16.1. The number of nitrogens with one attached hydrogen (secondary N) is 1. The van der Waals surface area contributed by atoms with E-state index < -0.39 is 22.9 Å². The molecular weight excluding hydrogens is 396 g/mol. The van der Waals surface area contributed by atoms with Gasteiger partial charge in [-0.3, -0.25) is 0 Å². The molecule has 2 N–H and O–H groups in total. The lowest BCUT2D eigenvalue weighted by Crippen LogP contribution is -2.15. The molecule has 7 heteroatoms. The van der Waals surface area contributed by atoms with Crippen LogP contribution in [0.1, 0.15) is 0 Å². The number of nitrogens with zero attached hydrogens (tertiary/aromatic N) is 1. The number of aromatic amines is 1. The van der Waals surface area contributed by atoms with Gasteiger partial charge in [-0.2, -0.15) is 0 Å². The third kappa shape index (κ3) is 3.75. The monoisotopic (exact) mass is 410 g/mol. The second-order valence-electron chi connectivity index (χ2n) is 6.21. The normalized spacial score (nSPS) is 12.2. The topological polar surface area (TPSA) is 89.0 Å². The van der Waals surface area contributed by atoms with Gasteiger partial charge in [0.25, 0.3) is 0 Å². The van der Waals surface area contributed by atoms with E-state index in [0.717, 1.165) is 16.7 Å². The second kappa shape index (κ2) is 7.67. The number of hydrogen-bond acceptors (Lipinski definition) is 3. The molecule has 2 aromatic carbocycles. The minimum absolute atomic E-state index is 0.317. The van der Waals surface area contributed by atoms with Crippen LogP contribution in [0.4, 0.5) is 0 Å². The van der Waals surface area contributed by atoms with Gasteiger partial charge in [-0.25, -0.2) is 9.78 Å². The van der Waals surface area contributed by atoms with Crippen LogP contribution in [0.5, 0.6) is 0 Å². The number of hydrogen-bond donors (Lipinski definition) is 2. The van der Waals surface area contributed by atoms with Crippen molar-refractivity contribution < 1.29 is 14.5 Å². The van der Waals surface area contributed by atoms with Crippen molar-refractivity contribution in [1.29, 1.82) is 0 Å². The molecule has 4 aromatic rings. The number of carboxylic acid groups (broad SMARTS) is 1. The molecular formula is C21H15ClN2O3S. The lowest BCUT2D eigenvalue weighted by Gasteiger charge is -2.06. The fourth-order valence-corrected chi connectivity index (χ4v) is 4.08. The number of aromatic nitrogens is 2. The Bertz CT molecular complexity index is 1140. The Morgan fingerprint density at radius 2 is 1.68 bits per heavy atom. The van der Waals surface area contributed by atoms with E-state index in [1.54, 1.807) is 12.1 Å². The molecule has 0 aliphatic carbocycles. The molecule has 0 saturated heterocycles. The molecule has 0 amide bonds. The quantitative estimate of drug-likeness (QED) is 0.465. The first kappa shape index (κ1) is 18.6. The van der Waals surface area contributed by atoms with Gasteiger partial charge in [0.1, 0.15) is 0 Å². The first-order valence-electron chi connectivity index (χ1n) is 8.46. The summed E-state index contributed by atoms with van der Waals surface area (Å²) in [6.45, 7) is 0. The summed E-state index contributed by atoms with van der Waals surface area (Å²) in [5.74, 6) is -1.59. The van der Waals surface area contributed by atoms with E-state index in [0.29, 0.717) is 26.8 Å². The number of fused-ring (bicyclic) bond motifs is 1. The number of halogens is 1. The molecule has 2 heterocycles. The van der Waals surface area contributed by atoms with Crippen LogP contribution in [0.25, 0.3) is 33.4 Å². The molecule has 0 radical (unpaired) electrons. The van der Waals surface area contributed by atoms with Gasteiger partial charge < -0.3 is 14.6 Å². The number of aliphatic carboxylic acids is 1. The zero-order chi connectivity index (χ0) is 19.7. The molecule has 0 spiro atoms. The van der Waals surface area contributed by atoms with Gasteiger partial charge in [-0.05, 0) is 17.2 Å². The van der Waals surface area contributed by atoms with Crippen LogP contribution in [-0.2, 0) is 16.0 Å². The van der Waals surface area contributed by atoms with Crippen LogP contribution in [-0.4, -0.2) is 31.3 Å². The van der Waals surface area contributed by atoms with E-state index in [1.165, 1.54) is 0 Å². The largest absolute Gasteiger partial charge is 0.610 e. The van der Waals surface area contributed by atoms with Crippen molar-refractivity contribution >= 4 is 39.8 Å². The highest BCUT2D eigenvalue weighted by atomic mass is 35.5. The Hall–Kier alpha value is -2.80. The fourth-order valence-electron chi connectivity index (χ4n) is 2.97. The molecule has 1 atom stereocenters. The van der Waals surface area contributed by atoms with Crippen LogP contribution in [0.2, 0.25) is 5.02 Å². The van der Waals surface area contributed by atoms with Gasteiger partial charge in [0, 0.05) is 22.8 Å². The number of carbonyl (C=O) groups is 1. The molecule has 5 nitrogen and oxygen atoms in total. The Kier molecular flexibility index (Phi) is 5.09. The zero-order valence-electron chi connectivity index (χ0n) is 14.6. The summed E-state index contributed by atoms with van der Waals surface area (Å²) in [6.07, 6.45) is 0. The van der Waals surface area contributed by atoms with Crippen molar-refractivity contribution in [2.45, 2.75) is 5.03 Å². The van der Waals surface area contributed by atoms with E-state index in [-0.39, 0.29) is 0 Å². The standard InChI is InChI=1S/C21H15ClN2O3S/c22-16-10-17-18(11-19(23-17)28(27)12-20(25)26)24-21(16)15-8-6-14(7-9-15)13-4-2-1-3-5-13/h1-11,23H,12H2,(H,25,26). The van der Waals surface area contributed by atoms with Crippen molar-refractivity contribution in [3.05, 3.63) is 71.8 Å². The molecule has 0 aliphatic heterocycles. The summed E-state index contributed by atoms with van der Waals surface area (Å²) in [5, 5.41) is 9.59. The van der Waals surface area contributed by atoms with Crippen molar-refractivity contribution in [2.75, 3.05) is 5.75 Å². The van der Waals surface area contributed by atoms with Crippen LogP contribution in [0.15, 0.2) is 71.8 Å². The van der Waals surface area contributed by atoms with Crippen LogP contribution >= 0.6 is 11.6 Å². The molecule has 0 fully saturated rings. The average Bonchev–Trinajstić information content (AvgIpc) is 3.11. The summed E-state index contributed by atoms with van der Waals surface area (Å²) >= 11 is 4.75. The second-order valence-corrected chi connectivity index (χ2v) is 8.04. The summed E-state index contributed by atoms with van der Waals surface area (Å²) in [7, 11) is 0. The minimum Gasteiger partial charge on any atom is -0.610 e. The van der Waals surface area contributed by atoms with Crippen LogP contribution in [0, 0.1) is 0 Å². The maximum absolute atomic E-state index is 12.1. The highest BCUT2D eigenvalue weighted by Crippen LogP contribution is 2.31. The summed E-state index contributed by atoms with van der Waals surface area (Å²) in [5.41, 5.74) is 4.89. The van der Waals surface area contributed by atoms with E-state index in [2.05, 4.69) is 9.97 Å². The van der Waals surface area contributed by atoms with E-state index in [4.69, 9.17) is 16.7 Å². The number of benzene rings is 2. The van der Waals surface area contributed by atoms with Gasteiger partial charge in [0.2, 0.25) is 10.8 Å². The molecule has 0 saturated carbocycles. The molecule has 0 aliphatic rings. The fraction of sp³-hybridized carbons (Fsp3) is 0.0476.